The number of carbonyl (C=O) groups excluding carboxylic acids is 1. The van der Waals surface area contributed by atoms with Gasteiger partial charge in [-0.25, -0.2) is 13.8 Å². The first-order valence-corrected chi connectivity index (χ1v) is 11.6. The van der Waals surface area contributed by atoms with Gasteiger partial charge in [-0.2, -0.15) is 5.10 Å². The van der Waals surface area contributed by atoms with Crippen molar-refractivity contribution in [2.24, 2.45) is 16.4 Å². The molecule has 0 spiro atoms. The fourth-order valence-corrected chi connectivity index (χ4v) is 4.37. The molecule has 28 heavy (non-hydrogen) atoms. The van der Waals surface area contributed by atoms with E-state index in [4.69, 9.17) is 0 Å². The summed E-state index contributed by atoms with van der Waals surface area (Å²) in [6, 6.07) is 5.36. The van der Waals surface area contributed by atoms with Gasteiger partial charge in [0.25, 0.3) is 5.91 Å². The van der Waals surface area contributed by atoms with Crippen LogP contribution < -0.4 is 9.73 Å². The maximum Gasteiger partial charge on any atom is 0.260 e. The van der Waals surface area contributed by atoms with Crippen LogP contribution in [0.2, 0.25) is 0 Å². The first-order chi connectivity index (χ1) is 12.9. The average molecular weight is 408 g/mol. The van der Waals surface area contributed by atoms with Crippen LogP contribution in [0, 0.1) is 25.2 Å². The SMILES string of the molecule is Cc1ccc(N(CC(=O)NN=C2CCC(C(C)(C)C)CC2)S(C)(=O)=O)cc1C. The van der Waals surface area contributed by atoms with Crippen LogP contribution in [0.4, 0.5) is 5.69 Å². The minimum Gasteiger partial charge on any atom is -0.271 e. The predicted octanol–water partition coefficient (Wildman–Crippen LogP) is 3.78. The summed E-state index contributed by atoms with van der Waals surface area (Å²) in [6.07, 6.45) is 4.98. The van der Waals surface area contributed by atoms with Crippen molar-refractivity contribution in [2.75, 3.05) is 17.1 Å². The molecule has 0 aromatic heterocycles. The Kier molecular flexibility index (Phi) is 6.91. The van der Waals surface area contributed by atoms with E-state index in [-0.39, 0.29) is 12.0 Å². The van der Waals surface area contributed by atoms with Gasteiger partial charge in [-0.3, -0.25) is 9.10 Å². The number of aryl methyl sites for hydroxylation is 2. The van der Waals surface area contributed by atoms with Crippen LogP contribution in [0.5, 0.6) is 0 Å². The van der Waals surface area contributed by atoms with Crippen LogP contribution in [0.3, 0.4) is 0 Å². The summed E-state index contributed by atoms with van der Waals surface area (Å²) in [5.41, 5.74) is 6.34. The highest BCUT2D eigenvalue weighted by molar-refractivity contribution is 7.92. The number of sulfonamides is 1. The van der Waals surface area contributed by atoms with Gasteiger partial charge < -0.3 is 0 Å². The summed E-state index contributed by atoms with van der Waals surface area (Å²) in [7, 11) is -3.59. The summed E-state index contributed by atoms with van der Waals surface area (Å²) >= 11 is 0. The molecule has 0 heterocycles. The minimum atomic E-state index is -3.59. The van der Waals surface area contributed by atoms with Crippen LogP contribution in [0.1, 0.15) is 57.6 Å². The number of nitrogens with one attached hydrogen (secondary N) is 1. The molecule has 1 aliphatic rings. The molecule has 1 aliphatic carbocycles. The maximum atomic E-state index is 12.4. The van der Waals surface area contributed by atoms with Gasteiger partial charge in [0.1, 0.15) is 6.54 Å². The molecule has 1 aromatic carbocycles. The van der Waals surface area contributed by atoms with E-state index in [0.717, 1.165) is 53.1 Å². The molecule has 1 aromatic rings. The van der Waals surface area contributed by atoms with E-state index in [1.165, 1.54) is 0 Å². The van der Waals surface area contributed by atoms with E-state index in [2.05, 4.69) is 31.3 Å². The van der Waals surface area contributed by atoms with Crippen molar-refractivity contribution in [3.8, 4) is 0 Å². The second-order valence-electron chi connectivity index (χ2n) is 8.89. The molecule has 7 heteroatoms. The lowest BCUT2D eigenvalue weighted by Gasteiger charge is -2.34. The van der Waals surface area contributed by atoms with Crippen LogP contribution in [0.25, 0.3) is 0 Å². The third-order valence-corrected chi connectivity index (χ3v) is 6.73. The van der Waals surface area contributed by atoms with E-state index in [1.54, 1.807) is 12.1 Å². The number of hydrogen-bond acceptors (Lipinski definition) is 4. The van der Waals surface area contributed by atoms with Gasteiger partial charge in [0, 0.05) is 5.71 Å². The number of rotatable bonds is 5. The number of amides is 1. The molecule has 156 valence electrons. The number of nitrogens with zero attached hydrogens (tertiary/aromatic N) is 2. The maximum absolute atomic E-state index is 12.4. The van der Waals surface area contributed by atoms with E-state index < -0.39 is 15.9 Å². The van der Waals surface area contributed by atoms with Gasteiger partial charge in [-0.1, -0.05) is 26.8 Å². The molecule has 0 aliphatic heterocycles. The Morgan fingerprint density at radius 2 is 1.79 bits per heavy atom. The largest absolute Gasteiger partial charge is 0.271 e. The number of benzene rings is 1. The summed E-state index contributed by atoms with van der Waals surface area (Å²) in [4.78, 5) is 12.4. The van der Waals surface area contributed by atoms with Gasteiger partial charge >= 0.3 is 0 Å². The molecule has 0 radical (unpaired) electrons. The molecule has 1 saturated carbocycles. The lowest BCUT2D eigenvalue weighted by atomic mass is 9.72. The smallest absolute Gasteiger partial charge is 0.260 e. The molecule has 2 rings (SSSR count). The normalized spacial score (nSPS) is 17.9. The molecule has 0 saturated heterocycles. The second-order valence-corrected chi connectivity index (χ2v) is 10.8. The van der Waals surface area contributed by atoms with Crippen LogP contribution >= 0.6 is 0 Å². The van der Waals surface area contributed by atoms with Gasteiger partial charge in [0.2, 0.25) is 10.0 Å². The van der Waals surface area contributed by atoms with Crippen molar-refractivity contribution in [1.29, 1.82) is 0 Å². The summed E-state index contributed by atoms with van der Waals surface area (Å²) in [5.74, 6) is 0.224. The number of carbonyl (C=O) groups is 1. The topological polar surface area (TPSA) is 78.8 Å². The van der Waals surface area contributed by atoms with Crippen molar-refractivity contribution >= 4 is 27.3 Å². The summed E-state index contributed by atoms with van der Waals surface area (Å²) in [5, 5.41) is 4.26. The van der Waals surface area contributed by atoms with E-state index in [0.29, 0.717) is 11.6 Å². The highest BCUT2D eigenvalue weighted by Crippen LogP contribution is 2.36. The summed E-state index contributed by atoms with van der Waals surface area (Å²) in [6.45, 7) is 10.4. The van der Waals surface area contributed by atoms with Crippen molar-refractivity contribution in [2.45, 2.75) is 60.3 Å². The molecule has 6 nitrogen and oxygen atoms in total. The third kappa shape index (κ3) is 6.06. The molecular weight excluding hydrogens is 374 g/mol. The Hall–Kier alpha value is -1.89. The Balaban J connectivity index is 2.02. The van der Waals surface area contributed by atoms with E-state index >= 15 is 0 Å². The van der Waals surface area contributed by atoms with Crippen molar-refractivity contribution < 1.29 is 13.2 Å². The lowest BCUT2D eigenvalue weighted by Crippen LogP contribution is -2.39. The number of hydrazone groups is 1. The van der Waals surface area contributed by atoms with Gasteiger partial charge in [0.05, 0.1) is 11.9 Å². The lowest BCUT2D eigenvalue weighted by molar-refractivity contribution is -0.119. The first-order valence-electron chi connectivity index (χ1n) is 9.77. The third-order valence-electron chi connectivity index (χ3n) is 5.59. The molecule has 1 fully saturated rings. The van der Waals surface area contributed by atoms with Gasteiger partial charge in [-0.05, 0) is 74.1 Å². The zero-order chi connectivity index (χ0) is 21.1. The Morgan fingerprint density at radius 1 is 1.18 bits per heavy atom. The zero-order valence-corrected chi connectivity index (χ0v) is 18.7. The van der Waals surface area contributed by atoms with Gasteiger partial charge in [0.15, 0.2) is 0 Å². The van der Waals surface area contributed by atoms with Crippen molar-refractivity contribution in [1.82, 2.24) is 5.43 Å². The van der Waals surface area contributed by atoms with Crippen molar-refractivity contribution in [3.05, 3.63) is 29.3 Å². The monoisotopic (exact) mass is 407 g/mol. The Bertz CT molecular complexity index is 844. The quantitative estimate of drug-likeness (QED) is 0.755. The summed E-state index contributed by atoms with van der Waals surface area (Å²) < 4.78 is 25.5. The Labute approximate surface area is 169 Å². The fourth-order valence-electron chi connectivity index (χ4n) is 3.52. The minimum absolute atomic E-state index is 0.289. The van der Waals surface area contributed by atoms with Crippen molar-refractivity contribution in [3.63, 3.8) is 0 Å². The van der Waals surface area contributed by atoms with Crippen LogP contribution in [-0.4, -0.2) is 32.8 Å². The van der Waals surface area contributed by atoms with E-state index in [1.807, 2.05) is 19.9 Å². The molecule has 0 unspecified atom stereocenters. The molecule has 0 bridgehead atoms. The molecule has 1 amide bonds. The second kappa shape index (κ2) is 8.64. The molecule has 0 atom stereocenters. The predicted molar refractivity (Wildman–Crippen MR) is 115 cm³/mol. The van der Waals surface area contributed by atoms with Crippen LogP contribution in [-0.2, 0) is 14.8 Å². The zero-order valence-electron chi connectivity index (χ0n) is 17.9. The highest BCUT2D eigenvalue weighted by Gasteiger charge is 2.28. The van der Waals surface area contributed by atoms with E-state index in [9.17, 15) is 13.2 Å². The molecule has 1 N–H and O–H groups in total. The fraction of sp³-hybridized carbons (Fsp3) is 0.619. The Morgan fingerprint density at radius 3 is 2.29 bits per heavy atom. The highest BCUT2D eigenvalue weighted by atomic mass is 32.2. The first kappa shape index (κ1) is 22.4. The number of anilines is 1. The average Bonchev–Trinajstić information content (AvgIpc) is 2.59. The van der Waals surface area contributed by atoms with Crippen LogP contribution in [0.15, 0.2) is 23.3 Å². The number of hydrogen-bond donors (Lipinski definition) is 1. The molecular formula is C21H33N3O3S. The standard InChI is InChI=1S/C21H33N3O3S/c1-15-7-12-19(13-16(15)2)24(28(6,26)27)14-20(25)23-22-18-10-8-17(9-11-18)21(3,4)5/h7,12-13,17H,8-11,14H2,1-6H3,(H,23,25). The van der Waals surface area contributed by atoms with Gasteiger partial charge in [-0.15, -0.1) is 0 Å².